The largest absolute Gasteiger partial charge is 0.503 e. The molecule has 4 N–H and O–H groups in total. The molecule has 0 aliphatic rings. The molecule has 1 aromatic carbocycles. The topological polar surface area (TPSA) is 110 Å². The lowest BCUT2D eigenvalue weighted by molar-refractivity contribution is 0.0950. The van der Waals surface area contributed by atoms with Gasteiger partial charge in [0.2, 0.25) is 0 Å². The van der Waals surface area contributed by atoms with Gasteiger partial charge in [-0.1, -0.05) is 46.4 Å². The summed E-state index contributed by atoms with van der Waals surface area (Å²) in [6, 6.07) is 2.94. The highest BCUT2D eigenvalue weighted by Gasteiger charge is 2.19. The molecule has 11 heteroatoms. The normalized spacial score (nSPS) is 11.0. The van der Waals surface area contributed by atoms with Crippen molar-refractivity contribution in [1.82, 2.24) is 10.4 Å². The Bertz CT molecular complexity index is 890. The number of anilines is 1. The summed E-state index contributed by atoms with van der Waals surface area (Å²) >= 11 is 23.5. The van der Waals surface area contributed by atoms with Crippen LogP contribution < -0.4 is 15.9 Å². The number of halogens is 4. The van der Waals surface area contributed by atoms with Crippen LogP contribution >= 0.6 is 46.4 Å². The van der Waals surface area contributed by atoms with Gasteiger partial charge >= 0.3 is 0 Å². The van der Waals surface area contributed by atoms with Crippen LogP contribution in [0.2, 0.25) is 20.2 Å². The maximum absolute atomic E-state index is 12.1. The number of amides is 1. The van der Waals surface area contributed by atoms with Crippen LogP contribution in [0.4, 0.5) is 5.69 Å². The molecular formula is C15H12Cl4N4O3. The fraction of sp³-hybridized carbons (Fsp3) is 0.133. The van der Waals surface area contributed by atoms with Crippen molar-refractivity contribution in [2.24, 2.45) is 5.10 Å². The van der Waals surface area contributed by atoms with E-state index in [1.54, 1.807) is 6.92 Å². The van der Waals surface area contributed by atoms with Crippen LogP contribution in [-0.4, -0.2) is 28.8 Å². The van der Waals surface area contributed by atoms with Crippen LogP contribution in [0.1, 0.15) is 23.0 Å². The molecule has 7 nitrogen and oxygen atoms in total. The van der Waals surface area contributed by atoms with Gasteiger partial charge in [0.25, 0.3) is 5.91 Å². The number of carbonyl (C=O) groups excluding carboxylic acids is 1. The Morgan fingerprint density at radius 2 is 2.04 bits per heavy atom. The van der Waals surface area contributed by atoms with Crippen molar-refractivity contribution in [1.29, 1.82) is 0 Å². The number of aromatic hydroxyl groups is 1. The minimum atomic E-state index is -0.744. The Kier molecular flexibility index (Phi) is 6.77. The number of rotatable bonds is 5. The molecule has 1 amide bonds. The van der Waals surface area contributed by atoms with Crippen LogP contribution in [0.15, 0.2) is 17.2 Å². The average molecular weight is 438 g/mol. The van der Waals surface area contributed by atoms with E-state index in [1.807, 2.05) is 0 Å². The highest BCUT2D eigenvalue weighted by atomic mass is 35.5. The molecule has 138 valence electrons. The zero-order valence-corrected chi connectivity index (χ0v) is 16.2. The third-order valence-electron chi connectivity index (χ3n) is 3.02. The molecular weight excluding hydrogens is 426 g/mol. The van der Waals surface area contributed by atoms with Gasteiger partial charge in [0.05, 0.1) is 28.6 Å². The molecule has 1 aromatic heterocycles. The molecule has 0 aliphatic carbocycles. The van der Waals surface area contributed by atoms with Crippen LogP contribution in [-0.2, 0) is 0 Å². The maximum atomic E-state index is 12.1. The van der Waals surface area contributed by atoms with E-state index in [0.29, 0.717) is 12.2 Å². The Labute approximate surface area is 168 Å². The number of hydrazone groups is 1. The molecule has 1 heterocycles. The minimum Gasteiger partial charge on any atom is -0.503 e. The third-order valence-corrected chi connectivity index (χ3v) is 4.44. The molecule has 0 saturated carbocycles. The first-order chi connectivity index (χ1) is 12.3. The van der Waals surface area contributed by atoms with Crippen molar-refractivity contribution >= 4 is 64.2 Å². The van der Waals surface area contributed by atoms with E-state index in [4.69, 9.17) is 56.9 Å². The van der Waals surface area contributed by atoms with Crippen molar-refractivity contribution in [3.05, 3.63) is 43.6 Å². The van der Waals surface area contributed by atoms with Gasteiger partial charge in [0.15, 0.2) is 22.3 Å². The first-order valence-corrected chi connectivity index (χ1v) is 8.56. The standard InChI is InChI=1S/C15H12Cl4N4O3/c1-2-26-8-4-6(3-7(16)13(8)24)5-21-23-15(25)12-9(17)11(20)10(18)14(19)22-12/h3-5,24H,2H2,1H3,(H2,20,22)(H,23,25)/b21-5+. The average Bonchev–Trinajstić information content (AvgIpc) is 2.60. The molecule has 0 spiro atoms. The first kappa shape index (κ1) is 20.4. The van der Waals surface area contributed by atoms with E-state index in [9.17, 15) is 9.90 Å². The van der Waals surface area contributed by atoms with Crippen LogP contribution in [0.25, 0.3) is 0 Å². The number of phenols is 1. The number of nitrogen functional groups attached to an aromatic ring is 1. The van der Waals surface area contributed by atoms with Gasteiger partial charge in [-0.25, -0.2) is 10.4 Å². The molecule has 0 saturated heterocycles. The summed E-state index contributed by atoms with van der Waals surface area (Å²) in [6.07, 6.45) is 1.29. The molecule has 26 heavy (non-hydrogen) atoms. The lowest BCUT2D eigenvalue weighted by Crippen LogP contribution is -2.20. The highest BCUT2D eigenvalue weighted by molar-refractivity contribution is 6.46. The molecule has 0 fully saturated rings. The molecule has 2 aromatic rings. The van der Waals surface area contributed by atoms with Crippen LogP contribution in [0, 0.1) is 0 Å². The van der Waals surface area contributed by atoms with Gasteiger partial charge in [0, 0.05) is 0 Å². The number of phenolic OH excluding ortho intramolecular Hbond substituents is 1. The zero-order chi connectivity index (χ0) is 19.4. The Morgan fingerprint density at radius 1 is 1.35 bits per heavy atom. The smallest absolute Gasteiger partial charge is 0.291 e. The van der Waals surface area contributed by atoms with Crippen molar-refractivity contribution < 1.29 is 14.6 Å². The predicted octanol–water partition coefficient (Wildman–Crippen LogP) is 4.15. The van der Waals surface area contributed by atoms with E-state index in [1.165, 1.54) is 18.3 Å². The van der Waals surface area contributed by atoms with Gasteiger partial charge in [-0.2, -0.15) is 5.10 Å². The van der Waals surface area contributed by atoms with Crippen molar-refractivity contribution in [3.63, 3.8) is 0 Å². The van der Waals surface area contributed by atoms with Gasteiger partial charge in [-0.3, -0.25) is 4.79 Å². The van der Waals surface area contributed by atoms with Crippen molar-refractivity contribution in [3.8, 4) is 11.5 Å². The van der Waals surface area contributed by atoms with E-state index in [2.05, 4.69) is 15.5 Å². The van der Waals surface area contributed by atoms with Crippen LogP contribution in [0.3, 0.4) is 0 Å². The monoisotopic (exact) mass is 436 g/mol. The predicted molar refractivity (Wildman–Crippen MR) is 103 cm³/mol. The summed E-state index contributed by atoms with van der Waals surface area (Å²) in [7, 11) is 0. The second-order valence-corrected chi connectivity index (χ2v) is 6.30. The lowest BCUT2D eigenvalue weighted by Gasteiger charge is -2.08. The van der Waals surface area contributed by atoms with Crippen molar-refractivity contribution in [2.45, 2.75) is 6.92 Å². The SMILES string of the molecule is CCOc1cc(/C=N/NC(=O)c2nc(Cl)c(Cl)c(N)c2Cl)cc(Cl)c1O. The third kappa shape index (κ3) is 4.42. The number of hydrogen-bond acceptors (Lipinski definition) is 6. The number of pyridine rings is 1. The summed E-state index contributed by atoms with van der Waals surface area (Å²) in [4.78, 5) is 15.9. The summed E-state index contributed by atoms with van der Waals surface area (Å²) < 4.78 is 5.26. The summed E-state index contributed by atoms with van der Waals surface area (Å²) in [6.45, 7) is 2.10. The van der Waals surface area contributed by atoms with Crippen molar-refractivity contribution in [2.75, 3.05) is 12.3 Å². The van der Waals surface area contributed by atoms with Gasteiger partial charge in [-0.15, -0.1) is 0 Å². The second kappa shape index (κ2) is 8.64. The number of benzene rings is 1. The Morgan fingerprint density at radius 3 is 2.69 bits per heavy atom. The van der Waals surface area contributed by atoms with E-state index in [0.717, 1.165) is 0 Å². The lowest BCUT2D eigenvalue weighted by atomic mass is 10.2. The van der Waals surface area contributed by atoms with Crippen LogP contribution in [0.5, 0.6) is 11.5 Å². The molecule has 0 atom stereocenters. The number of carbonyl (C=O) groups is 1. The summed E-state index contributed by atoms with van der Waals surface area (Å²) in [5, 5.41) is 13.3. The minimum absolute atomic E-state index is 0.0427. The fourth-order valence-electron chi connectivity index (χ4n) is 1.83. The number of nitrogens with zero attached hydrogens (tertiary/aromatic N) is 2. The quantitative estimate of drug-likeness (QED) is 0.369. The summed E-state index contributed by atoms with van der Waals surface area (Å²) in [5.74, 6) is -0.738. The maximum Gasteiger partial charge on any atom is 0.291 e. The fourth-order valence-corrected chi connectivity index (χ4v) is 2.65. The number of nitrogens with one attached hydrogen (secondary N) is 1. The van der Waals surface area contributed by atoms with Gasteiger partial charge in [-0.05, 0) is 24.6 Å². The number of nitrogens with two attached hydrogens (primary N) is 1. The van der Waals surface area contributed by atoms with E-state index in [-0.39, 0.29) is 43.1 Å². The molecule has 0 aliphatic heterocycles. The molecule has 0 unspecified atom stereocenters. The summed E-state index contributed by atoms with van der Waals surface area (Å²) in [5.41, 5.74) is 8.07. The molecule has 2 rings (SSSR count). The number of hydrogen-bond donors (Lipinski definition) is 3. The first-order valence-electron chi connectivity index (χ1n) is 7.04. The van der Waals surface area contributed by atoms with E-state index >= 15 is 0 Å². The van der Waals surface area contributed by atoms with Gasteiger partial charge < -0.3 is 15.6 Å². The second-order valence-electron chi connectivity index (χ2n) is 4.77. The molecule has 0 bridgehead atoms. The van der Waals surface area contributed by atoms with E-state index < -0.39 is 5.91 Å². The zero-order valence-electron chi connectivity index (χ0n) is 13.2. The Balaban J connectivity index is 2.20. The Hall–Kier alpha value is -1.93. The molecule has 0 radical (unpaired) electrons. The highest BCUT2D eigenvalue weighted by Crippen LogP contribution is 2.35. The number of ether oxygens (including phenoxy) is 1. The number of aromatic nitrogens is 1. The van der Waals surface area contributed by atoms with Gasteiger partial charge in [0.1, 0.15) is 5.02 Å².